The van der Waals surface area contributed by atoms with Gasteiger partial charge >= 0.3 is 6.18 Å². The third-order valence-electron chi connectivity index (χ3n) is 4.98. The molecule has 0 saturated carbocycles. The number of aromatic nitrogens is 4. The Balaban J connectivity index is 1.50. The van der Waals surface area contributed by atoms with Gasteiger partial charge in [-0.1, -0.05) is 0 Å². The highest BCUT2D eigenvalue weighted by atomic mass is 19.4. The first-order valence-corrected chi connectivity index (χ1v) is 9.93. The number of anilines is 2. The molecule has 14 heteroatoms. The number of ether oxygens (including phenoxy) is 1. The Morgan fingerprint density at radius 1 is 1.21 bits per heavy atom. The molecule has 0 unspecified atom stereocenters. The molecule has 1 N–H and O–H groups in total. The van der Waals surface area contributed by atoms with Crippen molar-refractivity contribution in [2.24, 2.45) is 7.05 Å². The van der Waals surface area contributed by atoms with Crippen molar-refractivity contribution >= 4 is 17.4 Å². The van der Waals surface area contributed by atoms with Crippen molar-refractivity contribution in [3.8, 4) is 5.75 Å². The van der Waals surface area contributed by atoms with E-state index in [2.05, 4.69) is 15.5 Å². The number of rotatable bonds is 7. The molecule has 0 atom stereocenters. The molecule has 4 rings (SSSR count). The summed E-state index contributed by atoms with van der Waals surface area (Å²) >= 11 is 0. The quantitative estimate of drug-likeness (QED) is 0.515. The number of carbonyl (C=O) groups is 1. The van der Waals surface area contributed by atoms with Gasteiger partial charge in [-0.3, -0.25) is 9.48 Å². The average Bonchev–Trinajstić information content (AvgIpc) is 3.28. The molecule has 1 fully saturated rings. The molecule has 1 saturated heterocycles. The molecule has 182 valence electrons. The first-order valence-electron chi connectivity index (χ1n) is 9.93. The summed E-state index contributed by atoms with van der Waals surface area (Å²) in [6.07, 6.45) is -4.04. The maximum atomic E-state index is 13.6. The van der Waals surface area contributed by atoms with E-state index in [9.17, 15) is 31.1 Å². The van der Waals surface area contributed by atoms with Crippen LogP contribution in [0.25, 0.3) is 0 Å². The molecule has 0 radical (unpaired) electrons. The van der Waals surface area contributed by atoms with E-state index >= 15 is 0 Å². The summed E-state index contributed by atoms with van der Waals surface area (Å²) in [5.74, 6) is -1.91. The first-order chi connectivity index (χ1) is 16.0. The van der Waals surface area contributed by atoms with Crippen LogP contribution >= 0.6 is 0 Å². The lowest BCUT2D eigenvalue weighted by Crippen LogP contribution is -2.55. The molecule has 34 heavy (non-hydrogen) atoms. The standard InChI is InChI=1S/C20H18F6N6O2/c1-30-7-13(5-27-30)29-18(33)16-6-28-32(10-17(22)23)19(16)31-8-15(9-31)34-14-3-11(20(24,25)26)2-12(21)4-14/h2-7,15,17H,8-10H2,1H3,(H,29,33). The SMILES string of the molecule is Cn1cc(NC(=O)c2cnn(CC(F)F)c2N2CC(Oc3cc(F)cc(C(F)(F)F)c3)C2)cn1. The number of amides is 1. The highest BCUT2D eigenvalue weighted by molar-refractivity contribution is 6.07. The molecule has 0 spiro atoms. The van der Waals surface area contributed by atoms with Crippen LogP contribution in [0, 0.1) is 5.82 Å². The third-order valence-corrected chi connectivity index (χ3v) is 4.98. The van der Waals surface area contributed by atoms with E-state index in [1.807, 2.05) is 0 Å². The van der Waals surface area contributed by atoms with Gasteiger partial charge in [-0.15, -0.1) is 0 Å². The van der Waals surface area contributed by atoms with E-state index in [0.717, 1.165) is 16.9 Å². The van der Waals surface area contributed by atoms with Crippen molar-refractivity contribution in [2.45, 2.75) is 25.3 Å². The van der Waals surface area contributed by atoms with E-state index in [1.165, 1.54) is 15.8 Å². The number of hydrogen-bond acceptors (Lipinski definition) is 5. The largest absolute Gasteiger partial charge is 0.487 e. The molecule has 0 aliphatic carbocycles. The van der Waals surface area contributed by atoms with Crippen LogP contribution in [0.3, 0.4) is 0 Å². The van der Waals surface area contributed by atoms with E-state index in [1.54, 1.807) is 13.2 Å². The van der Waals surface area contributed by atoms with Crippen molar-refractivity contribution in [3.05, 3.63) is 53.7 Å². The number of halogens is 6. The van der Waals surface area contributed by atoms with Crippen LogP contribution in [0.1, 0.15) is 15.9 Å². The third kappa shape index (κ3) is 5.10. The fourth-order valence-electron chi connectivity index (χ4n) is 3.49. The van der Waals surface area contributed by atoms with Gasteiger partial charge in [-0.2, -0.15) is 23.4 Å². The van der Waals surface area contributed by atoms with Gasteiger partial charge in [0.2, 0.25) is 0 Å². The molecule has 2 aromatic heterocycles. The molecular formula is C20H18F6N6O2. The van der Waals surface area contributed by atoms with Gasteiger partial charge in [0.25, 0.3) is 12.3 Å². The molecule has 1 amide bonds. The molecule has 0 bridgehead atoms. The number of nitrogens with zero attached hydrogens (tertiary/aromatic N) is 5. The highest BCUT2D eigenvalue weighted by Gasteiger charge is 2.36. The number of nitrogens with one attached hydrogen (secondary N) is 1. The van der Waals surface area contributed by atoms with E-state index < -0.39 is 42.5 Å². The number of aryl methyl sites for hydroxylation is 1. The maximum Gasteiger partial charge on any atom is 0.416 e. The van der Waals surface area contributed by atoms with Crippen LogP contribution in [0.15, 0.2) is 36.8 Å². The monoisotopic (exact) mass is 488 g/mol. The summed E-state index contributed by atoms with van der Waals surface area (Å²) in [5.41, 5.74) is -0.785. The molecule has 1 aliphatic heterocycles. The lowest BCUT2D eigenvalue weighted by molar-refractivity contribution is -0.137. The fourth-order valence-corrected chi connectivity index (χ4v) is 3.49. The summed E-state index contributed by atoms with van der Waals surface area (Å²) in [6.45, 7) is -0.656. The predicted molar refractivity (Wildman–Crippen MR) is 107 cm³/mol. The Labute approximate surface area is 188 Å². The predicted octanol–water partition coefficient (Wildman–Crippen LogP) is 3.56. The summed E-state index contributed by atoms with van der Waals surface area (Å²) in [5, 5.41) is 10.4. The summed E-state index contributed by atoms with van der Waals surface area (Å²) in [4.78, 5) is 14.3. The van der Waals surface area contributed by atoms with Crippen molar-refractivity contribution in [2.75, 3.05) is 23.3 Å². The van der Waals surface area contributed by atoms with Gasteiger partial charge in [0.15, 0.2) is 0 Å². The van der Waals surface area contributed by atoms with E-state index in [0.29, 0.717) is 17.8 Å². The van der Waals surface area contributed by atoms with Crippen LogP contribution in [-0.2, 0) is 19.8 Å². The van der Waals surface area contributed by atoms with Crippen molar-refractivity contribution in [1.82, 2.24) is 19.6 Å². The second kappa shape index (κ2) is 8.91. The second-order valence-corrected chi connectivity index (χ2v) is 7.63. The van der Waals surface area contributed by atoms with Crippen molar-refractivity contribution in [1.29, 1.82) is 0 Å². The van der Waals surface area contributed by atoms with E-state index in [-0.39, 0.29) is 30.2 Å². The van der Waals surface area contributed by atoms with Crippen molar-refractivity contribution in [3.63, 3.8) is 0 Å². The van der Waals surface area contributed by atoms with Gasteiger partial charge in [0, 0.05) is 19.3 Å². The zero-order valence-electron chi connectivity index (χ0n) is 17.6. The van der Waals surface area contributed by atoms with Gasteiger partial charge in [-0.05, 0) is 12.1 Å². The van der Waals surface area contributed by atoms with Crippen LogP contribution in [-0.4, -0.2) is 51.1 Å². The Kier molecular flexibility index (Phi) is 6.15. The molecule has 1 aliphatic rings. The summed E-state index contributed by atoms with van der Waals surface area (Å²) < 4.78 is 86.3. The molecule has 3 aromatic rings. The number of hydrogen-bond donors (Lipinski definition) is 1. The zero-order chi connectivity index (χ0) is 24.6. The Morgan fingerprint density at radius 2 is 1.94 bits per heavy atom. The lowest BCUT2D eigenvalue weighted by Gasteiger charge is -2.41. The van der Waals surface area contributed by atoms with Gasteiger partial charge in [0.05, 0.1) is 36.7 Å². The van der Waals surface area contributed by atoms with Crippen LogP contribution < -0.4 is 15.0 Å². The van der Waals surface area contributed by atoms with Gasteiger partial charge in [0.1, 0.15) is 35.6 Å². The fraction of sp³-hybridized carbons (Fsp3) is 0.350. The highest BCUT2D eigenvalue weighted by Crippen LogP contribution is 2.34. The normalized spacial score (nSPS) is 14.4. The molecular weight excluding hydrogens is 470 g/mol. The van der Waals surface area contributed by atoms with Gasteiger partial charge < -0.3 is 15.0 Å². The Hall–Kier alpha value is -3.71. The number of benzene rings is 1. The van der Waals surface area contributed by atoms with Crippen LogP contribution in [0.5, 0.6) is 5.75 Å². The number of alkyl halides is 5. The zero-order valence-corrected chi connectivity index (χ0v) is 17.6. The van der Waals surface area contributed by atoms with Crippen molar-refractivity contribution < 1.29 is 35.9 Å². The topological polar surface area (TPSA) is 77.2 Å². The van der Waals surface area contributed by atoms with E-state index in [4.69, 9.17) is 4.74 Å². The summed E-state index contributed by atoms with van der Waals surface area (Å²) in [6, 6.07) is 1.86. The average molecular weight is 488 g/mol. The van der Waals surface area contributed by atoms with Gasteiger partial charge in [-0.25, -0.2) is 17.9 Å². The Bertz CT molecular complexity index is 1180. The van der Waals surface area contributed by atoms with Crippen LogP contribution in [0.2, 0.25) is 0 Å². The first kappa shape index (κ1) is 23.4. The second-order valence-electron chi connectivity index (χ2n) is 7.63. The minimum atomic E-state index is -4.75. The lowest BCUT2D eigenvalue weighted by atomic mass is 10.1. The van der Waals surface area contributed by atoms with Crippen LogP contribution in [0.4, 0.5) is 37.8 Å². The minimum absolute atomic E-state index is 0.0214. The molecule has 1 aromatic carbocycles. The molecule has 8 nitrogen and oxygen atoms in total. The summed E-state index contributed by atoms with van der Waals surface area (Å²) in [7, 11) is 1.65. The maximum absolute atomic E-state index is 13.6. The number of carbonyl (C=O) groups excluding carboxylic acids is 1. The Morgan fingerprint density at radius 3 is 2.56 bits per heavy atom. The minimum Gasteiger partial charge on any atom is -0.487 e. The molecule has 3 heterocycles. The smallest absolute Gasteiger partial charge is 0.416 e.